The molecular weight excluding hydrogens is 338 g/mol. The maximum absolute atomic E-state index is 12.5. The topological polar surface area (TPSA) is 46.2 Å². The van der Waals surface area contributed by atoms with E-state index < -0.39 is 10.0 Å². The van der Waals surface area contributed by atoms with Crippen molar-refractivity contribution in [3.05, 3.63) is 57.6 Å². The molecule has 1 N–H and O–H groups in total. The Morgan fingerprint density at radius 3 is 2.15 bits per heavy atom. The number of benzene rings is 2. The summed E-state index contributed by atoms with van der Waals surface area (Å²) < 4.78 is 28.5. The average molecular weight is 354 g/mol. The molecule has 0 spiro atoms. The van der Waals surface area contributed by atoms with E-state index in [1.165, 1.54) is 0 Å². The largest absolute Gasteiger partial charge is 0.279 e. The SMILES string of the molecule is Cc1ccc(Br)cc1S(=O)(=O)Nc1c(C)cccc1C. The lowest BCUT2D eigenvalue weighted by atomic mass is 10.1. The van der Waals surface area contributed by atoms with Gasteiger partial charge in [0.15, 0.2) is 0 Å². The van der Waals surface area contributed by atoms with Gasteiger partial charge in [-0.2, -0.15) is 0 Å². The van der Waals surface area contributed by atoms with Crippen LogP contribution >= 0.6 is 15.9 Å². The molecule has 0 heterocycles. The quantitative estimate of drug-likeness (QED) is 0.899. The zero-order valence-corrected chi connectivity index (χ0v) is 14.0. The first-order chi connectivity index (χ1) is 9.31. The van der Waals surface area contributed by atoms with Crippen LogP contribution in [-0.4, -0.2) is 8.42 Å². The Hall–Kier alpha value is -1.33. The zero-order chi connectivity index (χ0) is 14.9. The Bertz CT molecular complexity index is 734. The van der Waals surface area contributed by atoms with Crippen molar-refractivity contribution in [1.29, 1.82) is 0 Å². The van der Waals surface area contributed by atoms with Crippen molar-refractivity contribution in [2.24, 2.45) is 0 Å². The molecule has 2 aromatic carbocycles. The monoisotopic (exact) mass is 353 g/mol. The summed E-state index contributed by atoms with van der Waals surface area (Å²) in [6.07, 6.45) is 0. The lowest BCUT2D eigenvalue weighted by Crippen LogP contribution is -2.15. The molecule has 3 nitrogen and oxygen atoms in total. The molecule has 0 saturated carbocycles. The maximum Gasteiger partial charge on any atom is 0.262 e. The fraction of sp³-hybridized carbons (Fsp3) is 0.200. The number of anilines is 1. The third-order valence-corrected chi connectivity index (χ3v) is 5.14. The lowest BCUT2D eigenvalue weighted by Gasteiger charge is -2.14. The maximum atomic E-state index is 12.5. The van der Waals surface area contributed by atoms with E-state index in [0.717, 1.165) is 15.6 Å². The van der Waals surface area contributed by atoms with Crippen molar-refractivity contribution in [2.45, 2.75) is 25.7 Å². The standard InChI is InChI=1S/C15H16BrNO2S/c1-10-7-8-13(16)9-14(10)20(18,19)17-15-11(2)5-4-6-12(15)3/h4-9,17H,1-3H3. The molecule has 0 bridgehead atoms. The first-order valence-corrected chi connectivity index (χ1v) is 8.44. The molecule has 2 rings (SSSR count). The second-order valence-electron chi connectivity index (χ2n) is 4.78. The number of hydrogen-bond acceptors (Lipinski definition) is 2. The van der Waals surface area contributed by atoms with E-state index in [0.29, 0.717) is 11.3 Å². The summed E-state index contributed by atoms with van der Waals surface area (Å²) in [4.78, 5) is 0.287. The fourth-order valence-corrected chi connectivity index (χ4v) is 4.02. The molecule has 20 heavy (non-hydrogen) atoms. The molecule has 5 heteroatoms. The molecule has 0 fully saturated rings. The van der Waals surface area contributed by atoms with Gasteiger partial charge in [0, 0.05) is 4.47 Å². The van der Waals surface area contributed by atoms with E-state index in [1.54, 1.807) is 19.1 Å². The van der Waals surface area contributed by atoms with Crippen molar-refractivity contribution >= 4 is 31.6 Å². The highest BCUT2D eigenvalue weighted by molar-refractivity contribution is 9.10. The molecule has 0 amide bonds. The molecule has 106 valence electrons. The van der Waals surface area contributed by atoms with Gasteiger partial charge in [-0.15, -0.1) is 0 Å². The minimum absolute atomic E-state index is 0.287. The number of nitrogens with one attached hydrogen (secondary N) is 1. The molecule has 0 unspecified atom stereocenters. The Labute approximate surface area is 128 Å². The van der Waals surface area contributed by atoms with Crippen molar-refractivity contribution in [3.8, 4) is 0 Å². The van der Waals surface area contributed by atoms with Crippen LogP contribution in [0.15, 0.2) is 45.8 Å². The Balaban J connectivity index is 2.49. The van der Waals surface area contributed by atoms with Crippen LogP contribution in [0.4, 0.5) is 5.69 Å². The smallest absolute Gasteiger partial charge is 0.262 e. The second-order valence-corrected chi connectivity index (χ2v) is 7.35. The second kappa shape index (κ2) is 5.58. The van der Waals surface area contributed by atoms with Gasteiger partial charge in [-0.25, -0.2) is 8.42 Å². The number of sulfonamides is 1. The Morgan fingerprint density at radius 2 is 1.55 bits per heavy atom. The summed E-state index contributed by atoms with van der Waals surface area (Å²) in [7, 11) is -3.59. The van der Waals surface area contributed by atoms with Crippen LogP contribution in [0.3, 0.4) is 0 Å². The molecule has 0 radical (unpaired) electrons. The normalized spacial score (nSPS) is 11.4. The number of hydrogen-bond donors (Lipinski definition) is 1. The Kier molecular flexibility index (Phi) is 4.20. The van der Waals surface area contributed by atoms with Crippen LogP contribution < -0.4 is 4.72 Å². The van der Waals surface area contributed by atoms with Gasteiger partial charge in [-0.1, -0.05) is 40.2 Å². The third kappa shape index (κ3) is 3.04. The number of para-hydroxylation sites is 1. The minimum atomic E-state index is -3.59. The number of halogens is 1. The van der Waals surface area contributed by atoms with E-state index in [2.05, 4.69) is 20.7 Å². The molecule has 2 aromatic rings. The highest BCUT2D eigenvalue weighted by Crippen LogP contribution is 2.26. The van der Waals surface area contributed by atoms with Crippen molar-refractivity contribution in [3.63, 3.8) is 0 Å². The van der Waals surface area contributed by atoms with Crippen LogP contribution in [0.2, 0.25) is 0 Å². The summed E-state index contributed by atoms with van der Waals surface area (Å²) in [5.41, 5.74) is 3.17. The zero-order valence-electron chi connectivity index (χ0n) is 11.6. The average Bonchev–Trinajstić information content (AvgIpc) is 2.37. The van der Waals surface area contributed by atoms with Gasteiger partial charge in [0.25, 0.3) is 10.0 Å². The van der Waals surface area contributed by atoms with Gasteiger partial charge in [0.1, 0.15) is 0 Å². The fourth-order valence-electron chi connectivity index (χ4n) is 2.03. The van der Waals surface area contributed by atoms with E-state index in [4.69, 9.17) is 0 Å². The summed E-state index contributed by atoms with van der Waals surface area (Å²) in [5.74, 6) is 0. The molecule has 0 aliphatic heterocycles. The summed E-state index contributed by atoms with van der Waals surface area (Å²) >= 11 is 3.31. The number of aryl methyl sites for hydroxylation is 3. The lowest BCUT2D eigenvalue weighted by molar-refractivity contribution is 0.600. The van der Waals surface area contributed by atoms with Crippen LogP contribution in [0.25, 0.3) is 0 Å². The number of rotatable bonds is 3. The van der Waals surface area contributed by atoms with E-state index in [1.807, 2.05) is 38.1 Å². The summed E-state index contributed by atoms with van der Waals surface area (Å²) in [5, 5.41) is 0. The first-order valence-electron chi connectivity index (χ1n) is 6.16. The van der Waals surface area contributed by atoms with Crippen LogP contribution in [0.1, 0.15) is 16.7 Å². The first kappa shape index (κ1) is 15.1. The van der Waals surface area contributed by atoms with E-state index in [-0.39, 0.29) is 4.90 Å². The van der Waals surface area contributed by atoms with Gasteiger partial charge < -0.3 is 0 Å². The van der Waals surface area contributed by atoms with Gasteiger partial charge in [-0.3, -0.25) is 4.72 Å². The Morgan fingerprint density at radius 1 is 0.950 bits per heavy atom. The predicted molar refractivity (Wildman–Crippen MR) is 85.6 cm³/mol. The van der Waals surface area contributed by atoms with Crippen LogP contribution in [0, 0.1) is 20.8 Å². The third-order valence-electron chi connectivity index (χ3n) is 3.16. The molecular formula is C15H16BrNO2S. The predicted octanol–water partition coefficient (Wildman–Crippen LogP) is 4.18. The van der Waals surface area contributed by atoms with Crippen molar-refractivity contribution in [1.82, 2.24) is 0 Å². The van der Waals surface area contributed by atoms with Gasteiger partial charge >= 0.3 is 0 Å². The highest BCUT2D eigenvalue weighted by Gasteiger charge is 2.19. The van der Waals surface area contributed by atoms with Crippen LogP contribution in [0.5, 0.6) is 0 Å². The molecule has 0 aliphatic rings. The van der Waals surface area contributed by atoms with Crippen molar-refractivity contribution in [2.75, 3.05) is 4.72 Å². The minimum Gasteiger partial charge on any atom is -0.279 e. The van der Waals surface area contributed by atoms with Crippen LogP contribution in [-0.2, 0) is 10.0 Å². The molecule has 0 atom stereocenters. The van der Waals surface area contributed by atoms with E-state index >= 15 is 0 Å². The molecule has 0 saturated heterocycles. The van der Waals surface area contributed by atoms with Gasteiger partial charge in [-0.05, 0) is 49.6 Å². The summed E-state index contributed by atoms with van der Waals surface area (Å²) in [6.45, 7) is 5.56. The van der Waals surface area contributed by atoms with Crippen molar-refractivity contribution < 1.29 is 8.42 Å². The highest BCUT2D eigenvalue weighted by atomic mass is 79.9. The summed E-state index contributed by atoms with van der Waals surface area (Å²) in [6, 6.07) is 10.9. The van der Waals surface area contributed by atoms with Gasteiger partial charge in [0.2, 0.25) is 0 Å². The van der Waals surface area contributed by atoms with Gasteiger partial charge in [0.05, 0.1) is 10.6 Å². The molecule has 0 aliphatic carbocycles. The van der Waals surface area contributed by atoms with E-state index in [9.17, 15) is 8.42 Å². The molecule has 0 aromatic heterocycles.